The van der Waals surface area contributed by atoms with E-state index in [2.05, 4.69) is 35.2 Å². The summed E-state index contributed by atoms with van der Waals surface area (Å²) in [6.45, 7) is 2.88. The molecule has 0 saturated heterocycles. The van der Waals surface area contributed by atoms with Gasteiger partial charge in [-0.05, 0) is 55.0 Å². The summed E-state index contributed by atoms with van der Waals surface area (Å²) in [4.78, 5) is 2.45. The first kappa shape index (κ1) is 18.7. The highest BCUT2D eigenvalue weighted by atomic mass is 16.3. The Balaban J connectivity index is 1.50. The van der Waals surface area contributed by atoms with Crippen LogP contribution in [0, 0.1) is 0 Å². The van der Waals surface area contributed by atoms with Crippen LogP contribution in [0.15, 0.2) is 71.8 Å². The first-order chi connectivity index (χ1) is 14.8. The molecular weight excluding hydrogens is 370 g/mol. The number of anilines is 2. The lowest BCUT2D eigenvalue weighted by molar-refractivity contribution is 0.461. The fraction of sp³-hybridized carbons (Fsp3) is 0.269. The topological polar surface area (TPSA) is 39.1 Å². The van der Waals surface area contributed by atoms with Crippen molar-refractivity contribution in [3.05, 3.63) is 89.0 Å². The van der Waals surface area contributed by atoms with E-state index in [1.165, 1.54) is 23.2 Å². The molecule has 3 aromatic rings. The molecule has 0 bridgehead atoms. The first-order valence-corrected chi connectivity index (χ1v) is 10.8. The lowest BCUT2D eigenvalue weighted by atomic mass is 9.89. The van der Waals surface area contributed by atoms with Crippen molar-refractivity contribution in [2.75, 3.05) is 23.0 Å². The molecule has 2 aliphatic rings. The molecule has 0 aromatic heterocycles. The van der Waals surface area contributed by atoms with Crippen LogP contribution in [0.1, 0.15) is 35.1 Å². The number of benzene rings is 3. The van der Waals surface area contributed by atoms with Gasteiger partial charge in [-0.25, -0.2) is 0 Å². The van der Waals surface area contributed by atoms with E-state index in [1.807, 2.05) is 47.6 Å². The molecule has 0 spiro atoms. The van der Waals surface area contributed by atoms with Crippen molar-refractivity contribution in [3.63, 3.8) is 0 Å². The number of nitrogens with zero attached hydrogens (tertiary/aromatic N) is 3. The van der Waals surface area contributed by atoms with Crippen molar-refractivity contribution in [2.24, 2.45) is 5.10 Å². The van der Waals surface area contributed by atoms with Gasteiger partial charge in [0.25, 0.3) is 0 Å². The largest absolute Gasteiger partial charge is 0.507 e. The minimum atomic E-state index is 0.400. The molecule has 152 valence electrons. The number of hydrogen-bond donors (Lipinski definition) is 1. The Morgan fingerprint density at radius 3 is 2.40 bits per heavy atom. The second kappa shape index (κ2) is 8.23. The van der Waals surface area contributed by atoms with Crippen LogP contribution in [0.5, 0.6) is 5.75 Å². The molecule has 0 atom stereocenters. The van der Waals surface area contributed by atoms with Crippen LogP contribution in [0.25, 0.3) is 0 Å². The zero-order chi connectivity index (χ0) is 20.3. The zero-order valence-electron chi connectivity index (χ0n) is 17.2. The Morgan fingerprint density at radius 2 is 1.63 bits per heavy atom. The summed E-state index contributed by atoms with van der Waals surface area (Å²) in [7, 11) is 0. The molecule has 0 fully saturated rings. The third-order valence-corrected chi connectivity index (χ3v) is 6.09. The van der Waals surface area contributed by atoms with E-state index in [-0.39, 0.29) is 0 Å². The molecule has 2 heterocycles. The Labute approximate surface area is 178 Å². The Kier molecular flexibility index (Phi) is 5.14. The fourth-order valence-electron chi connectivity index (χ4n) is 4.65. The normalized spacial score (nSPS) is 15.3. The van der Waals surface area contributed by atoms with Crippen molar-refractivity contribution in [3.8, 4) is 5.75 Å². The minimum absolute atomic E-state index is 0.400. The lowest BCUT2D eigenvalue weighted by Crippen LogP contribution is -2.34. The first-order valence-electron chi connectivity index (χ1n) is 10.8. The van der Waals surface area contributed by atoms with Crippen molar-refractivity contribution in [2.45, 2.75) is 32.2 Å². The van der Waals surface area contributed by atoms with Crippen LogP contribution < -0.4 is 9.91 Å². The quantitative estimate of drug-likeness (QED) is 0.479. The summed E-state index contributed by atoms with van der Waals surface area (Å²) in [6, 6.07) is 22.7. The van der Waals surface area contributed by atoms with E-state index in [9.17, 15) is 5.11 Å². The second-order valence-corrected chi connectivity index (χ2v) is 8.12. The predicted molar refractivity (Wildman–Crippen MR) is 124 cm³/mol. The van der Waals surface area contributed by atoms with Gasteiger partial charge in [-0.15, -0.1) is 0 Å². The molecule has 0 aliphatic carbocycles. The molecule has 30 heavy (non-hydrogen) atoms. The molecule has 3 aromatic carbocycles. The van der Waals surface area contributed by atoms with Gasteiger partial charge < -0.3 is 10.0 Å². The van der Waals surface area contributed by atoms with Crippen molar-refractivity contribution in [1.82, 2.24) is 0 Å². The SMILES string of the molecule is Oc1c(/C=N/N(Cc2ccccc2)c2ccccc2)cc2c3c1CCCN3CCC2. The van der Waals surface area contributed by atoms with Crippen LogP contribution in [-0.2, 0) is 19.4 Å². The van der Waals surface area contributed by atoms with E-state index in [0.717, 1.165) is 49.2 Å². The number of aryl methyl sites for hydroxylation is 1. The van der Waals surface area contributed by atoms with E-state index in [1.54, 1.807) is 0 Å². The number of aromatic hydroxyl groups is 1. The van der Waals surface area contributed by atoms with Gasteiger partial charge in [0.2, 0.25) is 0 Å². The van der Waals surface area contributed by atoms with Gasteiger partial charge in [-0.1, -0.05) is 48.5 Å². The molecule has 0 radical (unpaired) electrons. The van der Waals surface area contributed by atoms with Crippen LogP contribution >= 0.6 is 0 Å². The third kappa shape index (κ3) is 3.65. The van der Waals surface area contributed by atoms with Gasteiger partial charge in [-0.3, -0.25) is 5.01 Å². The maximum Gasteiger partial charge on any atom is 0.129 e. The van der Waals surface area contributed by atoms with Crippen molar-refractivity contribution in [1.29, 1.82) is 0 Å². The molecule has 0 amide bonds. The van der Waals surface area contributed by atoms with Gasteiger partial charge in [-0.2, -0.15) is 5.10 Å². The van der Waals surface area contributed by atoms with Crippen LogP contribution in [0.4, 0.5) is 11.4 Å². The van der Waals surface area contributed by atoms with E-state index < -0.39 is 0 Å². The van der Waals surface area contributed by atoms with Gasteiger partial charge in [0.1, 0.15) is 5.75 Å². The predicted octanol–water partition coefficient (Wildman–Crippen LogP) is 5.13. The number of phenols is 1. The maximum absolute atomic E-state index is 11.0. The molecule has 4 nitrogen and oxygen atoms in total. The molecule has 0 saturated carbocycles. The lowest BCUT2D eigenvalue weighted by Gasteiger charge is -2.37. The van der Waals surface area contributed by atoms with Gasteiger partial charge in [0, 0.05) is 29.9 Å². The van der Waals surface area contributed by atoms with E-state index >= 15 is 0 Å². The molecular formula is C26H27N3O. The molecule has 5 rings (SSSR count). The summed E-state index contributed by atoms with van der Waals surface area (Å²) in [5.41, 5.74) is 6.79. The fourth-order valence-corrected chi connectivity index (χ4v) is 4.65. The highest BCUT2D eigenvalue weighted by Crippen LogP contribution is 2.41. The standard InChI is InChI=1S/C26H27N3O/c30-26-22(17-21-11-7-15-28-16-8-14-24(26)25(21)28)18-27-29(23-12-5-2-6-13-23)19-20-9-3-1-4-10-20/h1-6,9-10,12-13,17-18,30H,7-8,11,14-16,19H2/b27-18+. The minimum Gasteiger partial charge on any atom is -0.507 e. The summed E-state index contributed by atoms with van der Waals surface area (Å²) in [5.74, 6) is 0.400. The van der Waals surface area contributed by atoms with Gasteiger partial charge >= 0.3 is 0 Å². The number of rotatable bonds is 5. The average molecular weight is 398 g/mol. The van der Waals surface area contributed by atoms with Crippen LogP contribution in [-0.4, -0.2) is 24.4 Å². The molecule has 1 N–H and O–H groups in total. The van der Waals surface area contributed by atoms with E-state index in [0.29, 0.717) is 12.3 Å². The van der Waals surface area contributed by atoms with Crippen LogP contribution in [0.3, 0.4) is 0 Å². The van der Waals surface area contributed by atoms with E-state index in [4.69, 9.17) is 5.10 Å². The average Bonchev–Trinajstić information content (AvgIpc) is 2.81. The van der Waals surface area contributed by atoms with Crippen LogP contribution in [0.2, 0.25) is 0 Å². The smallest absolute Gasteiger partial charge is 0.129 e. The second-order valence-electron chi connectivity index (χ2n) is 8.12. The summed E-state index contributed by atoms with van der Waals surface area (Å²) in [6.07, 6.45) is 6.13. The number of hydrazone groups is 1. The molecule has 4 heteroatoms. The number of phenolic OH excluding ortho intramolecular Hbond substituents is 1. The van der Waals surface area contributed by atoms with Gasteiger partial charge in [0.15, 0.2) is 0 Å². The number of hydrogen-bond acceptors (Lipinski definition) is 4. The number of para-hydroxylation sites is 1. The Morgan fingerprint density at radius 1 is 0.933 bits per heavy atom. The maximum atomic E-state index is 11.0. The summed E-state index contributed by atoms with van der Waals surface area (Å²) >= 11 is 0. The summed E-state index contributed by atoms with van der Waals surface area (Å²) < 4.78 is 0. The zero-order valence-corrected chi connectivity index (χ0v) is 17.2. The highest BCUT2D eigenvalue weighted by molar-refractivity contribution is 5.88. The van der Waals surface area contributed by atoms with Gasteiger partial charge in [0.05, 0.1) is 18.4 Å². The summed E-state index contributed by atoms with van der Waals surface area (Å²) in [5, 5.41) is 17.8. The molecule has 2 aliphatic heterocycles. The van der Waals surface area contributed by atoms with Crippen molar-refractivity contribution >= 4 is 17.6 Å². The monoisotopic (exact) mass is 397 g/mol. The third-order valence-electron chi connectivity index (χ3n) is 6.09. The highest BCUT2D eigenvalue weighted by Gasteiger charge is 2.27. The Hall–Kier alpha value is -3.27. The molecule has 0 unspecified atom stereocenters. The van der Waals surface area contributed by atoms with Crippen molar-refractivity contribution < 1.29 is 5.11 Å². The Bertz CT molecular complexity index is 1040.